The number of halogens is 2. The first-order valence-corrected chi connectivity index (χ1v) is 6.91. The summed E-state index contributed by atoms with van der Waals surface area (Å²) in [6.07, 6.45) is 1.11. The summed E-state index contributed by atoms with van der Waals surface area (Å²) in [4.78, 5) is 22.0. The van der Waals surface area contributed by atoms with E-state index in [2.05, 4.69) is 10.1 Å². The van der Waals surface area contributed by atoms with Gasteiger partial charge in [0.1, 0.15) is 5.75 Å². The summed E-state index contributed by atoms with van der Waals surface area (Å²) in [6, 6.07) is 4.76. The highest BCUT2D eigenvalue weighted by Crippen LogP contribution is 2.22. The van der Waals surface area contributed by atoms with E-state index in [0.717, 1.165) is 5.56 Å². The summed E-state index contributed by atoms with van der Waals surface area (Å²) in [7, 11) is 0. The second-order valence-corrected chi connectivity index (χ2v) is 4.87. The van der Waals surface area contributed by atoms with Crippen LogP contribution in [0.1, 0.15) is 36.8 Å². The molecular formula is C15H19F2NO4. The first-order valence-electron chi connectivity index (χ1n) is 6.91. The zero-order chi connectivity index (χ0) is 16.5. The third kappa shape index (κ3) is 7.01. The SMILES string of the molecule is Cc1ccc(OC(F)F)c(CNC(=O)CCCCC(=O)O)c1. The largest absolute Gasteiger partial charge is 0.481 e. The van der Waals surface area contributed by atoms with Crippen molar-refractivity contribution in [2.75, 3.05) is 0 Å². The number of hydrogen-bond acceptors (Lipinski definition) is 3. The van der Waals surface area contributed by atoms with Gasteiger partial charge in [0.25, 0.3) is 0 Å². The average molecular weight is 315 g/mol. The van der Waals surface area contributed by atoms with Crippen molar-refractivity contribution < 1.29 is 28.2 Å². The molecule has 0 bridgehead atoms. The number of benzene rings is 1. The van der Waals surface area contributed by atoms with E-state index >= 15 is 0 Å². The normalized spacial score (nSPS) is 10.5. The minimum absolute atomic E-state index is 0.0253. The summed E-state index contributed by atoms with van der Waals surface area (Å²) in [5.74, 6) is -1.12. The second kappa shape index (κ2) is 8.96. The highest BCUT2D eigenvalue weighted by atomic mass is 19.3. The maximum absolute atomic E-state index is 12.3. The van der Waals surface area contributed by atoms with Gasteiger partial charge in [0, 0.05) is 24.9 Å². The molecule has 0 aliphatic heterocycles. The molecule has 0 atom stereocenters. The lowest BCUT2D eigenvalue weighted by molar-refractivity contribution is -0.137. The van der Waals surface area contributed by atoms with E-state index < -0.39 is 12.6 Å². The number of unbranched alkanes of at least 4 members (excludes halogenated alkanes) is 1. The van der Waals surface area contributed by atoms with Crippen molar-refractivity contribution in [3.05, 3.63) is 29.3 Å². The maximum atomic E-state index is 12.3. The van der Waals surface area contributed by atoms with Crippen LogP contribution in [0.4, 0.5) is 8.78 Å². The van der Waals surface area contributed by atoms with Crippen LogP contribution in [0, 0.1) is 6.92 Å². The second-order valence-electron chi connectivity index (χ2n) is 4.87. The molecule has 1 aromatic rings. The molecule has 2 N–H and O–H groups in total. The van der Waals surface area contributed by atoms with Gasteiger partial charge < -0.3 is 15.2 Å². The molecule has 0 saturated heterocycles. The number of carbonyl (C=O) groups excluding carboxylic acids is 1. The van der Waals surface area contributed by atoms with Crippen LogP contribution < -0.4 is 10.1 Å². The van der Waals surface area contributed by atoms with Crippen LogP contribution in [0.5, 0.6) is 5.75 Å². The first-order chi connectivity index (χ1) is 10.4. The van der Waals surface area contributed by atoms with Crippen LogP contribution in [0.2, 0.25) is 0 Å². The highest BCUT2D eigenvalue weighted by molar-refractivity contribution is 5.76. The van der Waals surface area contributed by atoms with Gasteiger partial charge in [-0.25, -0.2) is 0 Å². The third-order valence-corrected chi connectivity index (χ3v) is 2.95. The molecule has 0 heterocycles. The van der Waals surface area contributed by atoms with Crippen molar-refractivity contribution in [3.8, 4) is 5.75 Å². The van der Waals surface area contributed by atoms with E-state index in [1.807, 2.05) is 6.92 Å². The van der Waals surface area contributed by atoms with Crippen molar-refractivity contribution in [2.24, 2.45) is 0 Å². The summed E-state index contributed by atoms with van der Waals surface area (Å²) in [5.41, 5.74) is 1.34. The number of alkyl halides is 2. The molecule has 0 aromatic heterocycles. The average Bonchev–Trinajstić information content (AvgIpc) is 2.43. The molecule has 1 amide bonds. The van der Waals surface area contributed by atoms with Crippen molar-refractivity contribution in [3.63, 3.8) is 0 Å². The summed E-state index contributed by atoms with van der Waals surface area (Å²) < 4.78 is 29.0. The Morgan fingerprint density at radius 1 is 1.27 bits per heavy atom. The molecule has 0 fully saturated rings. The molecule has 1 rings (SSSR count). The van der Waals surface area contributed by atoms with Gasteiger partial charge in [-0.05, 0) is 25.8 Å². The first kappa shape index (κ1) is 17.9. The van der Waals surface area contributed by atoms with Gasteiger partial charge in [-0.2, -0.15) is 8.78 Å². The topological polar surface area (TPSA) is 75.6 Å². The van der Waals surface area contributed by atoms with E-state index in [-0.39, 0.29) is 31.0 Å². The van der Waals surface area contributed by atoms with E-state index in [0.29, 0.717) is 18.4 Å². The van der Waals surface area contributed by atoms with Crippen LogP contribution in [0.3, 0.4) is 0 Å². The number of carboxylic acids is 1. The Morgan fingerprint density at radius 3 is 2.59 bits per heavy atom. The summed E-state index contributed by atoms with van der Waals surface area (Å²) >= 11 is 0. The van der Waals surface area contributed by atoms with Gasteiger partial charge in [-0.3, -0.25) is 9.59 Å². The van der Waals surface area contributed by atoms with E-state index in [9.17, 15) is 18.4 Å². The van der Waals surface area contributed by atoms with Crippen molar-refractivity contribution in [1.82, 2.24) is 5.32 Å². The van der Waals surface area contributed by atoms with Gasteiger partial charge in [0.15, 0.2) is 0 Å². The predicted molar refractivity (Wildman–Crippen MR) is 75.8 cm³/mol. The van der Waals surface area contributed by atoms with Gasteiger partial charge in [0.2, 0.25) is 5.91 Å². The molecule has 22 heavy (non-hydrogen) atoms. The number of carbonyl (C=O) groups is 2. The van der Waals surface area contributed by atoms with Crippen LogP contribution in [-0.2, 0) is 16.1 Å². The Morgan fingerprint density at radius 2 is 1.95 bits per heavy atom. The van der Waals surface area contributed by atoms with Crippen molar-refractivity contribution in [1.29, 1.82) is 0 Å². The standard InChI is InChI=1S/C15H19F2NO4/c1-10-6-7-12(22-15(16)17)11(8-10)9-18-13(19)4-2-3-5-14(20)21/h6-8,15H,2-5,9H2,1H3,(H,18,19)(H,20,21). The lowest BCUT2D eigenvalue weighted by atomic mass is 10.1. The molecule has 1 aromatic carbocycles. The van der Waals surface area contributed by atoms with Gasteiger partial charge in [-0.1, -0.05) is 17.7 Å². The predicted octanol–water partition coefficient (Wildman–Crippen LogP) is 2.86. The Kier molecular flexibility index (Phi) is 7.28. The van der Waals surface area contributed by atoms with Gasteiger partial charge in [-0.15, -0.1) is 0 Å². The molecule has 0 aliphatic rings. The van der Waals surface area contributed by atoms with Crippen LogP contribution in [-0.4, -0.2) is 23.6 Å². The number of rotatable bonds is 9. The third-order valence-electron chi connectivity index (χ3n) is 2.95. The molecule has 0 radical (unpaired) electrons. The number of hydrogen-bond donors (Lipinski definition) is 2. The summed E-state index contributed by atoms with van der Waals surface area (Å²) in [6.45, 7) is -1.03. The van der Waals surface area contributed by atoms with E-state index in [1.54, 1.807) is 12.1 Å². The van der Waals surface area contributed by atoms with Crippen LogP contribution in [0.15, 0.2) is 18.2 Å². The Labute approximate surface area is 127 Å². The minimum Gasteiger partial charge on any atom is -0.481 e. The van der Waals surface area contributed by atoms with Crippen LogP contribution >= 0.6 is 0 Å². The zero-order valence-corrected chi connectivity index (χ0v) is 12.3. The Balaban J connectivity index is 2.47. The minimum atomic E-state index is -2.92. The maximum Gasteiger partial charge on any atom is 0.387 e. The molecule has 0 unspecified atom stereocenters. The van der Waals surface area contributed by atoms with E-state index in [4.69, 9.17) is 5.11 Å². The Hall–Kier alpha value is -2.18. The summed E-state index contributed by atoms with van der Waals surface area (Å²) in [5, 5.41) is 11.1. The van der Waals surface area contributed by atoms with Gasteiger partial charge >= 0.3 is 12.6 Å². The van der Waals surface area contributed by atoms with Crippen molar-refractivity contribution >= 4 is 11.9 Å². The number of aryl methyl sites for hydroxylation is 1. The number of nitrogens with one attached hydrogen (secondary N) is 1. The smallest absolute Gasteiger partial charge is 0.387 e. The number of aliphatic carboxylic acids is 1. The molecule has 122 valence electrons. The molecule has 0 spiro atoms. The quantitative estimate of drug-likeness (QED) is 0.687. The molecule has 5 nitrogen and oxygen atoms in total. The van der Waals surface area contributed by atoms with Crippen LogP contribution in [0.25, 0.3) is 0 Å². The fourth-order valence-corrected chi connectivity index (χ4v) is 1.90. The zero-order valence-electron chi connectivity index (χ0n) is 12.3. The number of carboxylic acid groups (broad SMARTS) is 1. The fourth-order valence-electron chi connectivity index (χ4n) is 1.90. The Bertz CT molecular complexity index is 520. The fraction of sp³-hybridized carbons (Fsp3) is 0.467. The molecule has 0 aliphatic carbocycles. The highest BCUT2D eigenvalue weighted by Gasteiger charge is 2.11. The molecule has 0 saturated carbocycles. The van der Waals surface area contributed by atoms with Gasteiger partial charge in [0.05, 0.1) is 0 Å². The van der Waals surface area contributed by atoms with Crippen molar-refractivity contribution in [2.45, 2.75) is 45.8 Å². The molecular weight excluding hydrogens is 296 g/mol. The number of amides is 1. The van der Waals surface area contributed by atoms with E-state index in [1.165, 1.54) is 6.07 Å². The monoisotopic (exact) mass is 315 g/mol. The lowest BCUT2D eigenvalue weighted by Gasteiger charge is -2.12. The molecule has 7 heteroatoms. The number of ether oxygens (including phenoxy) is 1. The lowest BCUT2D eigenvalue weighted by Crippen LogP contribution is -2.23.